The van der Waals surface area contributed by atoms with Crippen molar-refractivity contribution in [2.24, 2.45) is 0 Å². The van der Waals surface area contributed by atoms with E-state index in [0.29, 0.717) is 11.6 Å². The fraction of sp³-hybridized carbons (Fsp3) is 0.412. The van der Waals surface area contributed by atoms with Crippen LogP contribution in [0.15, 0.2) is 24.3 Å². The normalized spacial score (nSPS) is 17.3. The predicted octanol–water partition coefficient (Wildman–Crippen LogP) is 2.92. The molecule has 6 heteroatoms. The van der Waals surface area contributed by atoms with Gasteiger partial charge in [0.25, 0.3) is 0 Å². The summed E-state index contributed by atoms with van der Waals surface area (Å²) in [6.07, 6.45) is 1.90. The number of pyridine rings is 1. The summed E-state index contributed by atoms with van der Waals surface area (Å²) in [7, 11) is 0. The van der Waals surface area contributed by atoms with Crippen molar-refractivity contribution in [2.45, 2.75) is 39.7 Å². The van der Waals surface area contributed by atoms with E-state index in [1.165, 1.54) is 0 Å². The van der Waals surface area contributed by atoms with Crippen molar-refractivity contribution < 1.29 is 4.79 Å². The third-order valence-electron chi connectivity index (χ3n) is 3.97. The fourth-order valence-electron chi connectivity index (χ4n) is 2.96. The number of hydrogen-bond donors (Lipinski definition) is 1. The Bertz CT molecular complexity index is 731. The van der Waals surface area contributed by atoms with Crippen molar-refractivity contribution in [2.75, 3.05) is 11.9 Å². The van der Waals surface area contributed by atoms with E-state index in [0.717, 1.165) is 36.6 Å². The molecule has 1 atom stereocenters. The molecule has 1 unspecified atom stereocenters. The van der Waals surface area contributed by atoms with E-state index in [4.69, 9.17) is 0 Å². The number of anilines is 2. The first-order valence-electron chi connectivity index (χ1n) is 7.86. The highest BCUT2D eigenvalue weighted by atomic mass is 16.2. The quantitative estimate of drug-likeness (QED) is 0.943. The van der Waals surface area contributed by atoms with Crippen LogP contribution in [0.3, 0.4) is 0 Å². The fourth-order valence-corrected chi connectivity index (χ4v) is 2.96. The van der Waals surface area contributed by atoms with E-state index in [1.54, 1.807) is 6.92 Å². The molecule has 2 aromatic heterocycles. The maximum absolute atomic E-state index is 11.8. The van der Waals surface area contributed by atoms with Crippen LogP contribution in [0.4, 0.5) is 11.6 Å². The van der Waals surface area contributed by atoms with Crippen molar-refractivity contribution in [3.8, 4) is 0 Å². The number of aryl methyl sites for hydroxylation is 2. The Labute approximate surface area is 136 Å². The van der Waals surface area contributed by atoms with Crippen LogP contribution in [0.2, 0.25) is 0 Å². The smallest absolute Gasteiger partial charge is 0.220 e. The van der Waals surface area contributed by atoms with Gasteiger partial charge in [0.05, 0.1) is 6.04 Å². The Balaban J connectivity index is 1.88. The molecule has 120 valence electrons. The average molecular weight is 311 g/mol. The van der Waals surface area contributed by atoms with E-state index in [1.807, 2.05) is 43.0 Å². The molecule has 0 aromatic carbocycles. The first-order valence-corrected chi connectivity index (χ1v) is 7.86. The van der Waals surface area contributed by atoms with E-state index in [9.17, 15) is 4.79 Å². The number of aromatic nitrogens is 3. The Morgan fingerprint density at radius 1 is 1.17 bits per heavy atom. The van der Waals surface area contributed by atoms with Crippen LogP contribution in [0, 0.1) is 13.8 Å². The van der Waals surface area contributed by atoms with E-state index < -0.39 is 0 Å². The van der Waals surface area contributed by atoms with Crippen LogP contribution < -0.4 is 5.32 Å². The molecule has 1 aliphatic heterocycles. The monoisotopic (exact) mass is 311 g/mol. The zero-order valence-electron chi connectivity index (χ0n) is 13.7. The van der Waals surface area contributed by atoms with Gasteiger partial charge in [-0.2, -0.15) is 0 Å². The number of hydrogen-bond acceptors (Lipinski definition) is 5. The number of nitrogens with one attached hydrogen (secondary N) is 1. The van der Waals surface area contributed by atoms with E-state index >= 15 is 0 Å². The van der Waals surface area contributed by atoms with Crippen molar-refractivity contribution >= 4 is 17.5 Å². The van der Waals surface area contributed by atoms with Gasteiger partial charge in [0, 0.05) is 30.9 Å². The van der Waals surface area contributed by atoms with Gasteiger partial charge in [0.2, 0.25) is 5.91 Å². The largest absolute Gasteiger partial charge is 0.333 e. The number of likely N-dealkylation sites (tertiary alicyclic amines) is 1. The van der Waals surface area contributed by atoms with Crippen molar-refractivity contribution in [3.05, 3.63) is 41.5 Å². The molecular formula is C17H21N5O. The lowest BCUT2D eigenvalue weighted by Crippen LogP contribution is -2.29. The number of rotatable bonds is 3. The molecule has 1 amide bonds. The molecular weight excluding hydrogens is 290 g/mol. The maximum Gasteiger partial charge on any atom is 0.220 e. The Hall–Kier alpha value is -2.50. The van der Waals surface area contributed by atoms with Crippen LogP contribution in [0.5, 0.6) is 0 Å². The second-order valence-electron chi connectivity index (χ2n) is 5.91. The SMILES string of the molecule is CC(=O)N1CCCC1c1nc(C)cc(Nc2cccc(C)n2)n1. The molecule has 0 saturated carbocycles. The lowest BCUT2D eigenvalue weighted by atomic mass is 10.2. The molecule has 0 spiro atoms. The van der Waals surface area contributed by atoms with Gasteiger partial charge < -0.3 is 10.2 Å². The highest BCUT2D eigenvalue weighted by Crippen LogP contribution is 2.30. The van der Waals surface area contributed by atoms with Gasteiger partial charge in [-0.3, -0.25) is 4.79 Å². The molecule has 1 saturated heterocycles. The molecule has 3 heterocycles. The number of amides is 1. The van der Waals surface area contributed by atoms with E-state index in [-0.39, 0.29) is 11.9 Å². The Morgan fingerprint density at radius 3 is 2.74 bits per heavy atom. The molecule has 0 radical (unpaired) electrons. The summed E-state index contributed by atoms with van der Waals surface area (Å²) in [6.45, 7) is 6.27. The molecule has 1 aliphatic rings. The molecule has 0 bridgehead atoms. The average Bonchev–Trinajstić information content (AvgIpc) is 2.96. The van der Waals surface area contributed by atoms with Gasteiger partial charge in [-0.05, 0) is 38.8 Å². The van der Waals surface area contributed by atoms with Crippen LogP contribution in [-0.4, -0.2) is 32.3 Å². The van der Waals surface area contributed by atoms with Gasteiger partial charge in [0.15, 0.2) is 5.82 Å². The minimum atomic E-state index is -0.0292. The van der Waals surface area contributed by atoms with Crippen LogP contribution in [0.25, 0.3) is 0 Å². The molecule has 3 rings (SSSR count). The third kappa shape index (κ3) is 3.47. The highest BCUT2D eigenvalue weighted by molar-refractivity contribution is 5.74. The van der Waals surface area contributed by atoms with Gasteiger partial charge in [-0.15, -0.1) is 0 Å². The minimum absolute atomic E-state index is 0.0292. The van der Waals surface area contributed by atoms with Crippen LogP contribution in [-0.2, 0) is 4.79 Å². The standard InChI is InChI=1S/C17H21N5O/c1-11-6-4-8-15(18-11)20-16-10-12(2)19-17(21-16)14-7-5-9-22(14)13(3)23/h4,6,8,10,14H,5,7,9H2,1-3H3,(H,18,19,20,21). The van der Waals surface area contributed by atoms with Crippen LogP contribution >= 0.6 is 0 Å². The number of carbonyl (C=O) groups is 1. The highest BCUT2D eigenvalue weighted by Gasteiger charge is 2.30. The van der Waals surface area contributed by atoms with Gasteiger partial charge in [-0.1, -0.05) is 6.07 Å². The van der Waals surface area contributed by atoms with Gasteiger partial charge in [0.1, 0.15) is 11.6 Å². The zero-order chi connectivity index (χ0) is 16.4. The second-order valence-corrected chi connectivity index (χ2v) is 5.91. The van der Waals surface area contributed by atoms with Gasteiger partial charge in [-0.25, -0.2) is 15.0 Å². The molecule has 6 nitrogen and oxygen atoms in total. The van der Waals surface area contributed by atoms with Gasteiger partial charge >= 0.3 is 0 Å². The molecule has 0 aliphatic carbocycles. The Morgan fingerprint density at radius 2 is 2.00 bits per heavy atom. The first kappa shape index (κ1) is 15.4. The van der Waals surface area contributed by atoms with Crippen molar-refractivity contribution in [1.82, 2.24) is 19.9 Å². The lowest BCUT2D eigenvalue weighted by Gasteiger charge is -2.22. The summed E-state index contributed by atoms with van der Waals surface area (Å²) in [6, 6.07) is 7.67. The zero-order valence-corrected chi connectivity index (χ0v) is 13.7. The Kier molecular flexibility index (Phi) is 4.23. The molecule has 1 N–H and O–H groups in total. The number of carbonyl (C=O) groups excluding carboxylic acids is 1. The summed E-state index contributed by atoms with van der Waals surface area (Å²) in [5, 5.41) is 3.23. The van der Waals surface area contributed by atoms with E-state index in [2.05, 4.69) is 20.3 Å². The minimum Gasteiger partial charge on any atom is -0.333 e. The summed E-state index contributed by atoms with van der Waals surface area (Å²) in [4.78, 5) is 27.2. The topological polar surface area (TPSA) is 71.0 Å². The molecule has 2 aromatic rings. The molecule has 23 heavy (non-hydrogen) atoms. The first-order chi connectivity index (χ1) is 11.0. The summed E-state index contributed by atoms with van der Waals surface area (Å²) >= 11 is 0. The lowest BCUT2D eigenvalue weighted by molar-refractivity contribution is -0.129. The summed E-state index contributed by atoms with van der Waals surface area (Å²) in [5.41, 5.74) is 1.82. The summed E-state index contributed by atoms with van der Waals surface area (Å²) < 4.78 is 0. The predicted molar refractivity (Wildman–Crippen MR) is 88.4 cm³/mol. The van der Waals surface area contributed by atoms with Crippen molar-refractivity contribution in [3.63, 3.8) is 0 Å². The third-order valence-corrected chi connectivity index (χ3v) is 3.97. The second kappa shape index (κ2) is 6.32. The molecule has 1 fully saturated rings. The number of nitrogens with zero attached hydrogens (tertiary/aromatic N) is 4. The maximum atomic E-state index is 11.8. The van der Waals surface area contributed by atoms with Crippen LogP contribution in [0.1, 0.15) is 43.0 Å². The summed E-state index contributed by atoms with van der Waals surface area (Å²) in [5.74, 6) is 2.24. The van der Waals surface area contributed by atoms with Crippen molar-refractivity contribution in [1.29, 1.82) is 0 Å².